The highest BCUT2D eigenvalue weighted by atomic mass is 19.1. The smallest absolute Gasteiger partial charge is 0.171 e. The molecule has 92 valence electrons. The maximum Gasteiger partial charge on any atom is 0.171 e. The maximum absolute atomic E-state index is 14.0. The lowest BCUT2D eigenvalue weighted by molar-refractivity contribution is 0.384. The van der Waals surface area contributed by atoms with Crippen LogP contribution in [0.3, 0.4) is 0 Å². The molecule has 0 fully saturated rings. The minimum Gasteiger partial charge on any atom is -0.494 e. The highest BCUT2D eigenvalue weighted by Crippen LogP contribution is 2.25. The van der Waals surface area contributed by atoms with E-state index in [0.717, 1.165) is 0 Å². The van der Waals surface area contributed by atoms with Crippen LogP contribution in [0.5, 0.6) is 5.75 Å². The van der Waals surface area contributed by atoms with E-state index in [0.29, 0.717) is 16.8 Å². The van der Waals surface area contributed by atoms with Crippen molar-refractivity contribution in [3.8, 4) is 17.5 Å². The Balaban J connectivity index is 2.58. The van der Waals surface area contributed by atoms with Crippen LogP contribution in [0, 0.1) is 17.1 Å². The SMILES string of the molecule is COc1ccc(-n2cc(C#N)cn2)c(CN)c1F. The number of nitrogens with two attached hydrogens (primary N) is 1. The van der Waals surface area contributed by atoms with E-state index in [2.05, 4.69) is 5.10 Å². The zero-order valence-corrected chi connectivity index (χ0v) is 9.72. The van der Waals surface area contributed by atoms with Crippen molar-refractivity contribution >= 4 is 0 Å². The third-order valence-corrected chi connectivity index (χ3v) is 2.57. The van der Waals surface area contributed by atoms with E-state index < -0.39 is 5.82 Å². The molecule has 0 aliphatic carbocycles. The lowest BCUT2D eigenvalue weighted by Gasteiger charge is -2.11. The molecule has 0 aliphatic heterocycles. The normalized spacial score (nSPS) is 10.1. The summed E-state index contributed by atoms with van der Waals surface area (Å²) in [5.74, 6) is -0.377. The van der Waals surface area contributed by atoms with Gasteiger partial charge in [0.1, 0.15) is 6.07 Å². The Kier molecular flexibility index (Phi) is 3.26. The number of hydrogen-bond donors (Lipinski definition) is 1. The summed E-state index contributed by atoms with van der Waals surface area (Å²) in [6.07, 6.45) is 2.92. The molecule has 2 N–H and O–H groups in total. The van der Waals surface area contributed by atoms with Gasteiger partial charge in [-0.05, 0) is 12.1 Å². The molecule has 18 heavy (non-hydrogen) atoms. The number of aromatic nitrogens is 2. The molecule has 0 unspecified atom stereocenters. The standard InChI is InChI=1S/C12H11FN4O/c1-18-11-3-2-10(9(5-15)12(11)13)17-7-8(4-14)6-16-17/h2-3,6-7H,5,15H2,1H3. The second kappa shape index (κ2) is 4.85. The lowest BCUT2D eigenvalue weighted by Crippen LogP contribution is -2.08. The first kappa shape index (κ1) is 12.1. The quantitative estimate of drug-likeness (QED) is 0.886. The van der Waals surface area contributed by atoms with Gasteiger partial charge in [0.25, 0.3) is 0 Å². The van der Waals surface area contributed by atoms with Gasteiger partial charge < -0.3 is 10.5 Å². The zero-order chi connectivity index (χ0) is 13.1. The van der Waals surface area contributed by atoms with Crippen molar-refractivity contribution in [2.24, 2.45) is 5.73 Å². The number of nitrogens with zero attached hydrogens (tertiary/aromatic N) is 3. The van der Waals surface area contributed by atoms with Gasteiger partial charge in [0.05, 0.1) is 24.6 Å². The fraction of sp³-hybridized carbons (Fsp3) is 0.167. The Bertz CT molecular complexity index is 615. The third-order valence-electron chi connectivity index (χ3n) is 2.57. The lowest BCUT2D eigenvalue weighted by atomic mass is 10.1. The molecular weight excluding hydrogens is 235 g/mol. The van der Waals surface area contributed by atoms with Crippen molar-refractivity contribution < 1.29 is 9.13 Å². The first-order valence-corrected chi connectivity index (χ1v) is 5.21. The molecule has 0 saturated heterocycles. The fourth-order valence-electron chi connectivity index (χ4n) is 1.67. The first-order valence-electron chi connectivity index (χ1n) is 5.21. The van der Waals surface area contributed by atoms with Crippen LogP contribution < -0.4 is 10.5 Å². The van der Waals surface area contributed by atoms with Gasteiger partial charge >= 0.3 is 0 Å². The predicted octanol–water partition coefficient (Wildman–Crippen LogP) is 1.35. The molecule has 0 bridgehead atoms. The third kappa shape index (κ3) is 1.92. The maximum atomic E-state index is 14.0. The predicted molar refractivity (Wildman–Crippen MR) is 62.7 cm³/mol. The van der Waals surface area contributed by atoms with Gasteiger partial charge in [-0.15, -0.1) is 0 Å². The molecule has 1 aromatic carbocycles. The Hall–Kier alpha value is -2.39. The molecular formula is C12H11FN4O. The largest absolute Gasteiger partial charge is 0.494 e. The molecule has 0 radical (unpaired) electrons. The van der Waals surface area contributed by atoms with Crippen molar-refractivity contribution in [1.82, 2.24) is 9.78 Å². The number of ether oxygens (including phenoxy) is 1. The van der Waals surface area contributed by atoms with Gasteiger partial charge in [-0.3, -0.25) is 0 Å². The molecule has 2 rings (SSSR count). The molecule has 5 nitrogen and oxygen atoms in total. The van der Waals surface area contributed by atoms with Gasteiger partial charge in [-0.25, -0.2) is 9.07 Å². The van der Waals surface area contributed by atoms with Crippen LogP contribution in [-0.4, -0.2) is 16.9 Å². The number of halogens is 1. The molecule has 6 heteroatoms. The van der Waals surface area contributed by atoms with Crippen LogP contribution in [-0.2, 0) is 6.54 Å². The summed E-state index contributed by atoms with van der Waals surface area (Å²) < 4.78 is 20.3. The van der Waals surface area contributed by atoms with Gasteiger partial charge in [0.2, 0.25) is 0 Å². The Morgan fingerprint density at radius 1 is 1.56 bits per heavy atom. The second-order valence-corrected chi connectivity index (χ2v) is 3.57. The Morgan fingerprint density at radius 2 is 2.33 bits per heavy atom. The summed E-state index contributed by atoms with van der Waals surface area (Å²) in [5, 5.41) is 12.7. The Morgan fingerprint density at radius 3 is 2.89 bits per heavy atom. The van der Waals surface area contributed by atoms with Crippen LogP contribution in [0.2, 0.25) is 0 Å². The van der Waals surface area contributed by atoms with E-state index in [1.807, 2.05) is 6.07 Å². The van der Waals surface area contributed by atoms with Gasteiger partial charge in [0, 0.05) is 18.3 Å². The van der Waals surface area contributed by atoms with Gasteiger partial charge in [-0.2, -0.15) is 10.4 Å². The molecule has 0 saturated carbocycles. The number of hydrogen-bond acceptors (Lipinski definition) is 4. The van der Waals surface area contributed by atoms with E-state index in [1.54, 1.807) is 6.07 Å². The zero-order valence-electron chi connectivity index (χ0n) is 9.72. The summed E-state index contributed by atoms with van der Waals surface area (Å²) in [6, 6.07) is 5.11. The summed E-state index contributed by atoms with van der Waals surface area (Å²) >= 11 is 0. The summed E-state index contributed by atoms with van der Waals surface area (Å²) in [4.78, 5) is 0. The van der Waals surface area contributed by atoms with Crippen LogP contribution in [0.25, 0.3) is 5.69 Å². The highest BCUT2D eigenvalue weighted by molar-refractivity contribution is 5.47. The van der Waals surface area contributed by atoms with Crippen molar-refractivity contribution in [2.45, 2.75) is 6.54 Å². The van der Waals surface area contributed by atoms with Crippen LogP contribution in [0.4, 0.5) is 4.39 Å². The van der Waals surface area contributed by atoms with Crippen molar-refractivity contribution in [3.63, 3.8) is 0 Å². The van der Waals surface area contributed by atoms with Crippen LogP contribution in [0.1, 0.15) is 11.1 Å². The molecule has 0 spiro atoms. The van der Waals surface area contributed by atoms with Crippen LogP contribution in [0.15, 0.2) is 24.5 Å². The number of nitriles is 1. The van der Waals surface area contributed by atoms with Crippen LogP contribution >= 0.6 is 0 Å². The molecule has 0 atom stereocenters. The molecule has 0 amide bonds. The first-order chi connectivity index (χ1) is 8.71. The summed E-state index contributed by atoms with van der Waals surface area (Å²) in [6.45, 7) is 0.0140. The van der Waals surface area contributed by atoms with Gasteiger partial charge in [0.15, 0.2) is 11.6 Å². The topological polar surface area (TPSA) is 76.9 Å². The van der Waals surface area contributed by atoms with E-state index in [-0.39, 0.29) is 12.3 Å². The molecule has 1 aromatic heterocycles. The molecule has 0 aliphatic rings. The highest BCUT2D eigenvalue weighted by Gasteiger charge is 2.14. The minimum absolute atomic E-state index is 0.0140. The van der Waals surface area contributed by atoms with Crippen molar-refractivity contribution in [3.05, 3.63) is 41.5 Å². The fourth-order valence-corrected chi connectivity index (χ4v) is 1.67. The van der Waals surface area contributed by atoms with Gasteiger partial charge in [-0.1, -0.05) is 0 Å². The average Bonchev–Trinajstić information content (AvgIpc) is 2.87. The van der Waals surface area contributed by atoms with E-state index in [9.17, 15) is 4.39 Å². The number of methoxy groups -OCH3 is 1. The number of benzene rings is 1. The van der Waals surface area contributed by atoms with E-state index in [4.69, 9.17) is 15.7 Å². The summed E-state index contributed by atoms with van der Waals surface area (Å²) in [5.41, 5.74) is 6.74. The summed E-state index contributed by atoms with van der Waals surface area (Å²) in [7, 11) is 1.39. The molecule has 2 aromatic rings. The van der Waals surface area contributed by atoms with E-state index >= 15 is 0 Å². The van der Waals surface area contributed by atoms with E-state index in [1.165, 1.54) is 30.3 Å². The monoisotopic (exact) mass is 246 g/mol. The minimum atomic E-state index is -0.508. The van der Waals surface area contributed by atoms with Crippen molar-refractivity contribution in [2.75, 3.05) is 7.11 Å². The average molecular weight is 246 g/mol. The second-order valence-electron chi connectivity index (χ2n) is 3.57. The van der Waals surface area contributed by atoms with Crippen molar-refractivity contribution in [1.29, 1.82) is 5.26 Å². The Labute approximate surface area is 103 Å². The molecule has 1 heterocycles. The number of rotatable bonds is 3.